The number of hydrogen-bond donors (Lipinski definition) is 1. The van der Waals surface area contributed by atoms with Gasteiger partial charge < -0.3 is 71.7 Å². The van der Waals surface area contributed by atoms with E-state index in [-0.39, 0.29) is 66.6 Å². The molecule has 3 aliphatic carbocycles. The van der Waals surface area contributed by atoms with Gasteiger partial charge in [0.2, 0.25) is 17.1 Å². The Morgan fingerprint density at radius 1 is 0.299 bits per heavy atom. The lowest BCUT2D eigenvalue weighted by Crippen LogP contribution is -3.00. The quantitative estimate of drug-likeness (QED) is 0.0835. The molecule has 0 radical (unpaired) electrons. The number of aromatic nitrogens is 6. The van der Waals surface area contributed by atoms with Crippen LogP contribution in [0.1, 0.15) is 71.6 Å². The van der Waals surface area contributed by atoms with E-state index in [1.165, 1.54) is 139 Å². The zero-order chi connectivity index (χ0) is 82.7. The van der Waals surface area contributed by atoms with Gasteiger partial charge in [-0.15, -0.1) is 0 Å². The molecule has 18 aromatic rings. The fraction of sp³-hybridized carbons (Fsp3) is 0.0541. The lowest BCUT2D eigenvalue weighted by Gasteiger charge is -2.05. The first kappa shape index (κ1) is 90.8. The normalized spacial score (nSPS) is 10.9. The summed E-state index contributed by atoms with van der Waals surface area (Å²) < 4.78 is 10.9. The fourth-order valence-electron chi connectivity index (χ4n) is 16.4. The van der Waals surface area contributed by atoms with Crippen LogP contribution in [0, 0.1) is 22.7 Å². The minimum atomic E-state index is -0.910. The summed E-state index contributed by atoms with van der Waals surface area (Å²) in [6, 6.07) is 124. The van der Waals surface area contributed by atoms with E-state index >= 15 is 0 Å². The van der Waals surface area contributed by atoms with Crippen LogP contribution in [0.3, 0.4) is 0 Å². The summed E-state index contributed by atoms with van der Waals surface area (Å²) in [5.74, 6) is -0.910. The van der Waals surface area contributed by atoms with Crippen LogP contribution in [-0.4, -0.2) is 16.1 Å². The molecule has 0 amide bonds. The molecule has 0 fully saturated rings. The van der Waals surface area contributed by atoms with Gasteiger partial charge >= 0.3 is 5.97 Å². The lowest BCUT2D eigenvalue weighted by molar-refractivity contribution is -0.688. The Morgan fingerprint density at radius 2 is 0.551 bits per heavy atom. The van der Waals surface area contributed by atoms with Gasteiger partial charge in [-0.2, -0.15) is 24.2 Å². The Labute approximate surface area is 784 Å². The SMILES string of the molecule is N#Cc1ccc(-c2ccc(CBr)cc2)cc1.N#Cc1ccc(-c2ccc(C[n+]3ccc(-c4cc[n+](-c5ccc6c(c5)Cc5ccccc5-6)cc4)cc3)cc2)cc1.O=C(O)c1ccc(-c2ccc(C[n+]3ccc(-c4cc[n+](-c5ccc6c(c5)Cc5ccccc5-6)cc4)cc3)cc2)cc1.[Br-].[Cl-].[Cl-].[Cl-].[Cl-].c1ccc2c(c1)Cc1cc(-[n+]3ccc(-c4ccncc4)cc3)ccc1-2. The molecule has 0 saturated heterocycles. The van der Waals surface area contributed by atoms with Crippen molar-refractivity contribution >= 4 is 21.9 Å². The van der Waals surface area contributed by atoms with E-state index in [1.54, 1.807) is 12.1 Å². The van der Waals surface area contributed by atoms with E-state index < -0.39 is 5.97 Å². The number of aromatic carboxylic acids is 1. The van der Waals surface area contributed by atoms with Crippen LogP contribution < -0.4 is 89.4 Å². The molecule has 10 nitrogen and oxygen atoms in total. The Balaban J connectivity index is 0.000000150. The number of carboxylic acids is 1. The molecule has 0 saturated carbocycles. The number of carbonyl (C=O) groups is 1. The number of nitrogens with zero attached hydrogens (tertiary/aromatic N) is 8. The summed E-state index contributed by atoms with van der Waals surface area (Å²) in [5.41, 5.74) is 39.4. The zero-order valence-corrected chi connectivity index (χ0v) is 75.0. The molecule has 6 aromatic heterocycles. The molecule has 1 N–H and O–H groups in total. The molecule has 0 spiro atoms. The zero-order valence-electron chi connectivity index (χ0n) is 68.8. The van der Waals surface area contributed by atoms with Gasteiger partial charge in [0, 0.05) is 126 Å². The van der Waals surface area contributed by atoms with Crippen LogP contribution in [0.25, 0.3) is 117 Å². The van der Waals surface area contributed by atoms with Crippen molar-refractivity contribution in [3.8, 4) is 129 Å². The van der Waals surface area contributed by atoms with Crippen molar-refractivity contribution < 1.29 is 99.3 Å². The van der Waals surface area contributed by atoms with Gasteiger partial charge in [-0.05, 0) is 225 Å². The second-order valence-corrected chi connectivity index (χ2v) is 31.3. The van der Waals surface area contributed by atoms with Crippen LogP contribution >= 0.6 is 15.9 Å². The second-order valence-electron chi connectivity index (χ2n) is 30.7. The van der Waals surface area contributed by atoms with E-state index in [0.29, 0.717) is 16.7 Å². The third-order valence-corrected chi connectivity index (χ3v) is 23.7. The molecule has 21 rings (SSSR count). The molecular formula is C111H82Br2Cl4N8O2. The summed E-state index contributed by atoms with van der Waals surface area (Å²) >= 11 is 3.42. The smallest absolute Gasteiger partial charge is 0.335 e. The minimum absolute atomic E-state index is 0. The standard InChI is InChI=1S/C37H27N3.C37H27N2O2.C23H17N2.C14H10BrN.BrH.4ClH/c38-25-27-5-9-29(10-6-27)30-11-7-28(8-12-30)26-39-19-15-31(16-20-39)32-17-21-40(22-18-32)35-13-14-37-34(24-35)23-33-3-1-2-4-36(33)37;40-37(41)31-11-9-28(10-12-31)27-7-5-26(6-8-27)25-38-19-15-29(16-20-38)30-17-21-39(22-18-30)34-13-14-36-33(24-34)23-32-3-1-2-4-35(32)36;1-2-4-22-19(3-1)15-20-16-21(5-6-23(20)22)25-13-9-18(10-14-25)17-7-11-24-12-8-17;15-9-11-1-5-13(6-2-11)14-7-3-12(10-16)4-8-14;;;;;/h1-22,24H,23,26H2;1-22,24H,23,25H2;1-14,16H,15H2;1-8H,9H2;5*1H/q+2;2*+1;;;;;;/p-4. The number of hydrogen-bond acceptors (Lipinski definition) is 4. The van der Waals surface area contributed by atoms with Crippen LogP contribution in [0.15, 0.2) is 420 Å². The Morgan fingerprint density at radius 3 is 0.843 bits per heavy atom. The molecule has 16 heteroatoms. The van der Waals surface area contributed by atoms with Gasteiger partial charge in [0.1, 0.15) is 0 Å². The van der Waals surface area contributed by atoms with E-state index in [1.807, 2.05) is 85.2 Å². The molecule has 127 heavy (non-hydrogen) atoms. The van der Waals surface area contributed by atoms with Crippen molar-refractivity contribution in [1.29, 1.82) is 10.5 Å². The van der Waals surface area contributed by atoms with E-state index in [0.717, 1.165) is 65.5 Å². The van der Waals surface area contributed by atoms with Gasteiger partial charge in [0.05, 0.1) is 28.8 Å². The van der Waals surface area contributed by atoms with Crippen molar-refractivity contribution in [2.24, 2.45) is 0 Å². The van der Waals surface area contributed by atoms with Crippen molar-refractivity contribution in [2.45, 2.75) is 37.7 Å². The average Bonchev–Trinajstić information content (AvgIpc) is 1.65. The molecule has 0 unspecified atom stereocenters. The molecule has 0 aliphatic heterocycles. The predicted octanol–water partition coefficient (Wildman–Crippen LogP) is 7.72. The predicted molar refractivity (Wildman–Crippen MR) is 486 cm³/mol. The second kappa shape index (κ2) is 42.2. The number of carboxylic acid groups (broad SMARTS) is 1. The van der Waals surface area contributed by atoms with Crippen molar-refractivity contribution in [1.82, 2.24) is 4.98 Å². The molecule has 620 valence electrons. The molecule has 12 aromatic carbocycles. The first-order chi connectivity index (χ1) is 60.0. The van der Waals surface area contributed by atoms with Crippen molar-refractivity contribution in [2.75, 3.05) is 0 Å². The topological polar surface area (TPSA) is 117 Å². The third kappa shape index (κ3) is 21.1. The van der Waals surface area contributed by atoms with Gasteiger partial charge in [0.15, 0.2) is 75.1 Å². The number of fused-ring (bicyclic) bond motifs is 9. The van der Waals surface area contributed by atoms with Gasteiger partial charge in [-0.3, -0.25) is 4.98 Å². The summed E-state index contributed by atoms with van der Waals surface area (Å²) in [7, 11) is 0. The first-order valence-electron chi connectivity index (χ1n) is 40.8. The minimum Gasteiger partial charge on any atom is -1.00 e. The lowest BCUT2D eigenvalue weighted by atomic mass is 10.0. The summed E-state index contributed by atoms with van der Waals surface area (Å²) in [6.45, 7) is 1.58. The Kier molecular flexibility index (Phi) is 30.2. The molecule has 3 aliphatic rings. The average molecular weight is 1860 g/mol. The largest absolute Gasteiger partial charge is 1.00 e. The maximum atomic E-state index is 11.1. The van der Waals surface area contributed by atoms with E-state index in [2.05, 4.69) is 379 Å². The number of alkyl halides is 1. The molecular weight excluding hydrogens is 1780 g/mol. The number of rotatable bonds is 15. The van der Waals surface area contributed by atoms with E-state index in [4.69, 9.17) is 15.6 Å². The van der Waals surface area contributed by atoms with Crippen molar-refractivity contribution in [3.05, 3.63) is 487 Å². The highest BCUT2D eigenvalue weighted by Gasteiger charge is 2.25. The highest BCUT2D eigenvalue weighted by molar-refractivity contribution is 9.08. The molecule has 0 bridgehead atoms. The van der Waals surface area contributed by atoms with E-state index in [9.17, 15) is 4.79 Å². The van der Waals surface area contributed by atoms with Crippen molar-refractivity contribution in [3.63, 3.8) is 0 Å². The monoisotopic (exact) mass is 1860 g/mol. The van der Waals surface area contributed by atoms with Crippen LogP contribution in [-0.2, 0) is 37.7 Å². The number of halogens is 6. The molecule has 6 heterocycles. The number of benzene rings is 12. The van der Waals surface area contributed by atoms with Crippen LogP contribution in [0.5, 0.6) is 0 Å². The Hall–Kier alpha value is -13.9. The first-order valence-corrected chi connectivity index (χ1v) is 41.9. The number of nitriles is 2. The summed E-state index contributed by atoms with van der Waals surface area (Å²) in [4.78, 5) is 15.2. The third-order valence-electron chi connectivity index (χ3n) is 23.1. The fourth-order valence-corrected chi connectivity index (χ4v) is 16.8. The van der Waals surface area contributed by atoms with Crippen LogP contribution in [0.4, 0.5) is 0 Å². The van der Waals surface area contributed by atoms with Gasteiger partial charge in [-0.1, -0.05) is 198 Å². The molecule has 0 atom stereocenters. The van der Waals surface area contributed by atoms with Gasteiger partial charge in [-0.25, -0.2) is 13.9 Å². The maximum Gasteiger partial charge on any atom is 0.335 e. The summed E-state index contributed by atoms with van der Waals surface area (Å²) in [6.07, 6.45) is 28.0. The number of pyridine rings is 6. The van der Waals surface area contributed by atoms with Gasteiger partial charge in [0.25, 0.3) is 0 Å². The Bertz CT molecular complexity index is 6930. The highest BCUT2D eigenvalue weighted by Crippen LogP contribution is 2.40. The highest BCUT2D eigenvalue weighted by atomic mass is 79.9. The summed E-state index contributed by atoms with van der Waals surface area (Å²) in [5, 5.41) is 27.7. The maximum absolute atomic E-state index is 11.1. The van der Waals surface area contributed by atoms with Crippen LogP contribution in [0.2, 0.25) is 0 Å².